The van der Waals surface area contributed by atoms with Gasteiger partial charge in [-0.05, 0) is 42.0 Å². The third kappa shape index (κ3) is 4.90. The molecule has 0 atom stereocenters. The fourth-order valence-corrected chi connectivity index (χ4v) is 2.41. The van der Waals surface area contributed by atoms with Gasteiger partial charge in [0.2, 0.25) is 18.6 Å². The van der Waals surface area contributed by atoms with E-state index in [0.717, 1.165) is 29.8 Å². The summed E-state index contributed by atoms with van der Waals surface area (Å²) >= 11 is 0. The van der Waals surface area contributed by atoms with Gasteiger partial charge in [0.1, 0.15) is 6.42 Å². The van der Waals surface area contributed by atoms with Crippen molar-refractivity contribution in [3.05, 3.63) is 53.6 Å². The smallest absolute Gasteiger partial charge is 0.416 e. The predicted octanol–water partition coefficient (Wildman–Crippen LogP) is 3.08. The standard InChI is InChI=1S/C18H15F3N2O4/c19-18(20,21)12-2-4-13(5-3-12)23-17(25)8-16(24)22-9-11-1-6-14-15(7-11)27-10-26-14/h1-7H,8-10H2,(H,22,24)(H,23,25). The molecule has 2 aromatic carbocycles. The Balaban J connectivity index is 1.47. The van der Waals surface area contributed by atoms with Gasteiger partial charge in [0.25, 0.3) is 0 Å². The van der Waals surface area contributed by atoms with E-state index in [9.17, 15) is 22.8 Å². The number of ether oxygens (including phenoxy) is 2. The van der Waals surface area contributed by atoms with Gasteiger partial charge in [-0.25, -0.2) is 0 Å². The van der Waals surface area contributed by atoms with E-state index in [1.165, 1.54) is 0 Å². The van der Waals surface area contributed by atoms with Crippen LogP contribution in [0, 0.1) is 0 Å². The Kier molecular flexibility index (Phi) is 5.20. The van der Waals surface area contributed by atoms with Gasteiger partial charge in [-0.3, -0.25) is 9.59 Å². The average molecular weight is 380 g/mol. The molecule has 1 aliphatic heterocycles. The number of nitrogens with one attached hydrogen (secondary N) is 2. The molecule has 0 saturated heterocycles. The van der Waals surface area contributed by atoms with Gasteiger partial charge >= 0.3 is 6.18 Å². The fourth-order valence-electron chi connectivity index (χ4n) is 2.41. The number of carbonyl (C=O) groups is 2. The highest BCUT2D eigenvalue weighted by Crippen LogP contribution is 2.32. The Morgan fingerprint density at radius 1 is 0.963 bits per heavy atom. The largest absolute Gasteiger partial charge is 0.454 e. The number of anilines is 1. The van der Waals surface area contributed by atoms with Crippen molar-refractivity contribution in [1.29, 1.82) is 0 Å². The molecule has 2 N–H and O–H groups in total. The number of rotatable bonds is 5. The molecule has 1 heterocycles. The lowest BCUT2D eigenvalue weighted by atomic mass is 10.2. The zero-order valence-electron chi connectivity index (χ0n) is 13.9. The molecule has 9 heteroatoms. The zero-order valence-corrected chi connectivity index (χ0v) is 13.9. The first-order valence-corrected chi connectivity index (χ1v) is 7.93. The molecule has 0 aromatic heterocycles. The third-order valence-electron chi connectivity index (χ3n) is 3.74. The van der Waals surface area contributed by atoms with Gasteiger partial charge < -0.3 is 20.1 Å². The third-order valence-corrected chi connectivity index (χ3v) is 3.74. The minimum Gasteiger partial charge on any atom is -0.454 e. The van der Waals surface area contributed by atoms with E-state index in [-0.39, 0.29) is 19.0 Å². The first-order valence-electron chi connectivity index (χ1n) is 7.93. The van der Waals surface area contributed by atoms with Crippen LogP contribution in [0.15, 0.2) is 42.5 Å². The molecule has 1 aliphatic rings. The van der Waals surface area contributed by atoms with Crippen LogP contribution in [0.25, 0.3) is 0 Å². The molecule has 0 aliphatic carbocycles. The topological polar surface area (TPSA) is 76.7 Å². The number of benzene rings is 2. The maximum Gasteiger partial charge on any atom is 0.416 e. The van der Waals surface area contributed by atoms with Gasteiger partial charge in [-0.15, -0.1) is 0 Å². The van der Waals surface area contributed by atoms with E-state index >= 15 is 0 Å². The Hall–Kier alpha value is -3.23. The van der Waals surface area contributed by atoms with Crippen molar-refractivity contribution in [2.75, 3.05) is 12.1 Å². The van der Waals surface area contributed by atoms with Crippen LogP contribution >= 0.6 is 0 Å². The van der Waals surface area contributed by atoms with Gasteiger partial charge in [-0.1, -0.05) is 6.07 Å². The molecule has 0 unspecified atom stereocenters. The molecule has 6 nitrogen and oxygen atoms in total. The number of halogens is 3. The second-order valence-corrected chi connectivity index (χ2v) is 5.76. The highest BCUT2D eigenvalue weighted by atomic mass is 19.4. The molecule has 2 aromatic rings. The van der Waals surface area contributed by atoms with Gasteiger partial charge in [-0.2, -0.15) is 13.2 Å². The molecule has 27 heavy (non-hydrogen) atoms. The zero-order chi connectivity index (χ0) is 19.4. The highest BCUT2D eigenvalue weighted by Gasteiger charge is 2.30. The van der Waals surface area contributed by atoms with Gasteiger partial charge in [0.15, 0.2) is 11.5 Å². The molecule has 2 amide bonds. The summed E-state index contributed by atoms with van der Waals surface area (Å²) in [7, 11) is 0. The van der Waals surface area contributed by atoms with Crippen molar-refractivity contribution in [1.82, 2.24) is 5.32 Å². The lowest BCUT2D eigenvalue weighted by Crippen LogP contribution is -2.27. The Labute approximate surface area is 152 Å². The number of amides is 2. The molecule has 0 fully saturated rings. The maximum absolute atomic E-state index is 12.5. The summed E-state index contributed by atoms with van der Waals surface area (Å²) in [5.41, 5.74) is 0.134. The number of fused-ring (bicyclic) bond motifs is 1. The van der Waals surface area contributed by atoms with Crippen LogP contribution in [0.2, 0.25) is 0 Å². The molecule has 142 valence electrons. The number of carbonyl (C=O) groups excluding carboxylic acids is 2. The van der Waals surface area contributed by atoms with Crippen LogP contribution in [0.3, 0.4) is 0 Å². The molecular formula is C18H15F3N2O4. The summed E-state index contributed by atoms with van der Waals surface area (Å²) in [5, 5.41) is 4.97. The van der Waals surface area contributed by atoms with Crippen molar-refractivity contribution >= 4 is 17.5 Å². The van der Waals surface area contributed by atoms with Crippen LogP contribution in [0.5, 0.6) is 11.5 Å². The number of alkyl halides is 3. The molecule has 0 saturated carbocycles. The van der Waals surface area contributed by atoms with Gasteiger partial charge in [0.05, 0.1) is 5.56 Å². The lowest BCUT2D eigenvalue weighted by molar-refractivity contribution is -0.137. The summed E-state index contributed by atoms with van der Waals surface area (Å²) in [4.78, 5) is 23.7. The molecule has 0 spiro atoms. The lowest BCUT2D eigenvalue weighted by Gasteiger charge is -2.09. The molecule has 0 bridgehead atoms. The predicted molar refractivity (Wildman–Crippen MR) is 89.1 cm³/mol. The van der Waals surface area contributed by atoms with Crippen molar-refractivity contribution in [2.45, 2.75) is 19.1 Å². The SMILES string of the molecule is O=C(CC(=O)Nc1ccc(C(F)(F)F)cc1)NCc1ccc2c(c1)OCO2. The summed E-state index contributed by atoms with van der Waals surface area (Å²) in [5.74, 6) is 0.0674. The normalized spacial score (nSPS) is 12.6. The van der Waals surface area contributed by atoms with Crippen LogP contribution in [-0.2, 0) is 22.3 Å². The molecule has 0 radical (unpaired) electrons. The van der Waals surface area contributed by atoms with E-state index < -0.39 is 30.0 Å². The summed E-state index contributed by atoms with van der Waals surface area (Å²) in [6.07, 6.45) is -4.90. The van der Waals surface area contributed by atoms with Crippen LogP contribution in [0.4, 0.5) is 18.9 Å². The van der Waals surface area contributed by atoms with Crippen LogP contribution < -0.4 is 20.1 Å². The van der Waals surface area contributed by atoms with E-state index in [4.69, 9.17) is 9.47 Å². The maximum atomic E-state index is 12.5. The van der Waals surface area contributed by atoms with Crippen molar-refractivity contribution in [3.63, 3.8) is 0 Å². The van der Waals surface area contributed by atoms with Crippen LogP contribution in [-0.4, -0.2) is 18.6 Å². The van der Waals surface area contributed by atoms with Gasteiger partial charge in [0, 0.05) is 12.2 Å². The molecule has 3 rings (SSSR count). The second kappa shape index (κ2) is 7.56. The first kappa shape index (κ1) is 18.6. The first-order chi connectivity index (χ1) is 12.8. The quantitative estimate of drug-likeness (QED) is 0.782. The Bertz CT molecular complexity index is 851. The van der Waals surface area contributed by atoms with Crippen LogP contribution in [0.1, 0.15) is 17.5 Å². The summed E-state index contributed by atoms with van der Waals surface area (Å²) < 4.78 is 47.9. The minimum atomic E-state index is -4.45. The highest BCUT2D eigenvalue weighted by molar-refractivity contribution is 6.03. The summed E-state index contributed by atoms with van der Waals surface area (Å²) in [6.45, 7) is 0.346. The van der Waals surface area contributed by atoms with Crippen molar-refractivity contribution < 1.29 is 32.2 Å². The molecular weight excluding hydrogens is 365 g/mol. The minimum absolute atomic E-state index is 0.148. The monoisotopic (exact) mass is 380 g/mol. The Morgan fingerprint density at radius 2 is 1.67 bits per heavy atom. The second-order valence-electron chi connectivity index (χ2n) is 5.76. The van der Waals surface area contributed by atoms with Crippen molar-refractivity contribution in [2.24, 2.45) is 0 Å². The Morgan fingerprint density at radius 3 is 2.37 bits per heavy atom. The van der Waals surface area contributed by atoms with E-state index in [1.54, 1.807) is 18.2 Å². The van der Waals surface area contributed by atoms with E-state index in [0.29, 0.717) is 11.5 Å². The van der Waals surface area contributed by atoms with E-state index in [2.05, 4.69) is 10.6 Å². The van der Waals surface area contributed by atoms with E-state index in [1.807, 2.05) is 0 Å². The fraction of sp³-hybridized carbons (Fsp3) is 0.222. The number of hydrogen-bond donors (Lipinski definition) is 2. The summed E-state index contributed by atoms with van der Waals surface area (Å²) in [6, 6.07) is 9.18. The number of hydrogen-bond acceptors (Lipinski definition) is 4. The van der Waals surface area contributed by atoms with Crippen molar-refractivity contribution in [3.8, 4) is 11.5 Å². The average Bonchev–Trinajstić information content (AvgIpc) is 3.07.